The Morgan fingerprint density at radius 3 is 2.65 bits per heavy atom. The first-order valence-corrected chi connectivity index (χ1v) is 12.4. The van der Waals surface area contributed by atoms with Crippen LogP contribution < -0.4 is 0 Å². The summed E-state index contributed by atoms with van der Waals surface area (Å²) in [6.45, 7) is 7.33. The predicted molar refractivity (Wildman–Crippen MR) is 121 cm³/mol. The molecule has 0 unspecified atom stereocenters. The topological polar surface area (TPSA) is 55.1 Å². The Kier molecular flexibility index (Phi) is 4.94. The number of fused-ring (bicyclic) bond motifs is 5. The number of Topliss-reactive ketones (excluding diaryl/α,β-unsaturated/α-hetero) is 1. The highest BCUT2D eigenvalue weighted by molar-refractivity contribution is 5.82. The van der Waals surface area contributed by atoms with Crippen molar-refractivity contribution in [2.45, 2.75) is 90.7 Å². The first-order chi connectivity index (χ1) is 14.7. The van der Waals surface area contributed by atoms with Crippen molar-refractivity contribution in [3.05, 3.63) is 18.0 Å². The number of rotatable bonds is 3. The molecule has 0 radical (unpaired) electrons. The fourth-order valence-electron chi connectivity index (χ4n) is 8.75. The summed E-state index contributed by atoms with van der Waals surface area (Å²) in [7, 11) is 0. The van der Waals surface area contributed by atoms with Crippen molar-refractivity contribution in [2.24, 2.45) is 40.4 Å². The second-order valence-electron chi connectivity index (χ2n) is 12.1. The van der Waals surface area contributed by atoms with E-state index in [4.69, 9.17) is 6.42 Å². The molecule has 168 valence electrons. The summed E-state index contributed by atoms with van der Waals surface area (Å²) < 4.78 is 1.72. The van der Waals surface area contributed by atoms with Crippen LogP contribution in [0.3, 0.4) is 0 Å². The highest BCUT2D eigenvalue weighted by Crippen LogP contribution is 2.68. The molecule has 1 N–H and O–H groups in total. The van der Waals surface area contributed by atoms with Gasteiger partial charge in [-0.15, -0.1) is 6.42 Å². The minimum absolute atomic E-state index is 0.129. The number of ketones is 1. The summed E-state index contributed by atoms with van der Waals surface area (Å²) in [4.78, 5) is 13.4. The average Bonchev–Trinajstić information content (AvgIpc) is 3.31. The molecule has 1 heterocycles. The Balaban J connectivity index is 1.34. The molecule has 1 aromatic heterocycles. The van der Waals surface area contributed by atoms with Crippen LogP contribution in [0.25, 0.3) is 0 Å². The summed E-state index contributed by atoms with van der Waals surface area (Å²) in [5, 5.41) is 15.0. The van der Waals surface area contributed by atoms with Crippen molar-refractivity contribution >= 4 is 5.78 Å². The van der Waals surface area contributed by atoms with E-state index in [-0.39, 0.29) is 11.3 Å². The zero-order chi connectivity index (χ0) is 22.0. The number of terminal acetylenes is 1. The molecule has 4 fully saturated rings. The molecule has 0 aromatic carbocycles. The molecule has 5 rings (SSSR count). The summed E-state index contributed by atoms with van der Waals surface area (Å²) in [5.74, 6) is 5.92. The lowest BCUT2D eigenvalue weighted by molar-refractivity contribution is -0.151. The molecule has 0 saturated heterocycles. The van der Waals surface area contributed by atoms with Crippen LogP contribution in [0.2, 0.25) is 0 Å². The minimum Gasteiger partial charge on any atom is -0.390 e. The number of carbonyl (C=O) groups excluding carboxylic acids is 1. The van der Waals surface area contributed by atoms with E-state index in [1.54, 1.807) is 10.9 Å². The number of hydrogen-bond acceptors (Lipinski definition) is 3. The van der Waals surface area contributed by atoms with Crippen molar-refractivity contribution in [3.63, 3.8) is 0 Å². The van der Waals surface area contributed by atoms with Crippen LogP contribution in [0.5, 0.6) is 0 Å². The number of nitrogens with zero attached hydrogens (tertiary/aromatic N) is 2. The molecule has 4 nitrogen and oxygen atoms in total. The summed E-state index contributed by atoms with van der Waals surface area (Å²) in [6, 6.07) is 0. The maximum Gasteiger partial charge on any atom is 0.157 e. The minimum atomic E-state index is -0.475. The van der Waals surface area contributed by atoms with Crippen LogP contribution in [0.15, 0.2) is 12.4 Å². The number of hydrogen-bond donors (Lipinski definition) is 1. The van der Waals surface area contributed by atoms with E-state index in [0.717, 1.165) is 43.1 Å². The standard InChI is InChI=1S/C27H38N2O2/c1-5-18-15-28-29(16-18)17-24(30)23-9-8-21-20-7-6-19-14-25(2,31)12-13-26(19,3)22(20)10-11-27(21,23)4/h1,15-16,19-23,31H,6-14,17H2,2-4H3/t19-,20-,21-,22-,23+,25+,26-,27-/m0/s1. The van der Waals surface area contributed by atoms with Crippen LogP contribution in [0.4, 0.5) is 0 Å². The van der Waals surface area contributed by atoms with Crippen LogP contribution in [0, 0.1) is 52.8 Å². The normalized spacial score (nSPS) is 46.5. The van der Waals surface area contributed by atoms with E-state index < -0.39 is 5.60 Å². The van der Waals surface area contributed by atoms with Gasteiger partial charge in [0.2, 0.25) is 0 Å². The lowest BCUT2D eigenvalue weighted by Crippen LogP contribution is -2.55. The lowest BCUT2D eigenvalue weighted by atomic mass is 9.44. The van der Waals surface area contributed by atoms with E-state index in [2.05, 4.69) is 24.9 Å². The molecule has 0 bridgehead atoms. The molecule has 4 aliphatic carbocycles. The number of carbonyl (C=O) groups is 1. The molecule has 0 aliphatic heterocycles. The zero-order valence-corrected chi connectivity index (χ0v) is 19.4. The van der Waals surface area contributed by atoms with Gasteiger partial charge in [0.05, 0.1) is 23.9 Å². The van der Waals surface area contributed by atoms with Gasteiger partial charge >= 0.3 is 0 Å². The van der Waals surface area contributed by atoms with Crippen molar-refractivity contribution in [1.82, 2.24) is 9.78 Å². The van der Waals surface area contributed by atoms with Gasteiger partial charge in [-0.1, -0.05) is 19.8 Å². The quantitative estimate of drug-likeness (QED) is 0.709. The maximum atomic E-state index is 13.4. The van der Waals surface area contributed by atoms with E-state index in [1.807, 2.05) is 13.1 Å². The molecule has 4 aliphatic rings. The van der Waals surface area contributed by atoms with Crippen molar-refractivity contribution < 1.29 is 9.90 Å². The molecule has 4 heteroatoms. The third kappa shape index (κ3) is 3.30. The van der Waals surface area contributed by atoms with Gasteiger partial charge in [0.25, 0.3) is 0 Å². The Labute approximate surface area is 187 Å². The predicted octanol–water partition coefficient (Wildman–Crippen LogP) is 4.84. The summed E-state index contributed by atoms with van der Waals surface area (Å²) in [5.41, 5.74) is 0.760. The van der Waals surface area contributed by atoms with Crippen LogP contribution in [0.1, 0.15) is 84.1 Å². The molecule has 1 aromatic rings. The maximum absolute atomic E-state index is 13.4. The number of aromatic nitrogens is 2. The molecule has 0 spiro atoms. The highest BCUT2D eigenvalue weighted by Gasteiger charge is 2.61. The number of aliphatic hydroxyl groups is 1. The van der Waals surface area contributed by atoms with E-state index in [9.17, 15) is 9.90 Å². The largest absolute Gasteiger partial charge is 0.390 e. The van der Waals surface area contributed by atoms with E-state index in [1.165, 1.54) is 32.1 Å². The van der Waals surface area contributed by atoms with Gasteiger partial charge < -0.3 is 5.11 Å². The van der Waals surface area contributed by atoms with E-state index >= 15 is 0 Å². The monoisotopic (exact) mass is 422 g/mol. The molecule has 8 atom stereocenters. The van der Waals surface area contributed by atoms with Gasteiger partial charge in [-0.05, 0) is 99.2 Å². The Morgan fingerprint density at radius 1 is 1.13 bits per heavy atom. The Bertz CT molecular complexity index is 911. The lowest BCUT2D eigenvalue weighted by Gasteiger charge is -2.61. The molecule has 4 saturated carbocycles. The van der Waals surface area contributed by atoms with Crippen LogP contribution >= 0.6 is 0 Å². The zero-order valence-electron chi connectivity index (χ0n) is 19.4. The third-order valence-corrected chi connectivity index (χ3v) is 10.5. The van der Waals surface area contributed by atoms with Crippen molar-refractivity contribution in [1.29, 1.82) is 0 Å². The van der Waals surface area contributed by atoms with E-state index in [0.29, 0.717) is 29.6 Å². The van der Waals surface area contributed by atoms with Gasteiger partial charge in [0.1, 0.15) is 0 Å². The van der Waals surface area contributed by atoms with Gasteiger partial charge in [0, 0.05) is 12.1 Å². The molecule has 0 amide bonds. The molecular formula is C27H38N2O2. The molecule has 31 heavy (non-hydrogen) atoms. The van der Waals surface area contributed by atoms with Gasteiger partial charge in [-0.25, -0.2) is 0 Å². The first kappa shape index (κ1) is 21.3. The fraction of sp³-hybridized carbons (Fsp3) is 0.778. The van der Waals surface area contributed by atoms with Gasteiger partial charge in [-0.2, -0.15) is 5.10 Å². The smallest absolute Gasteiger partial charge is 0.157 e. The second-order valence-corrected chi connectivity index (χ2v) is 12.1. The van der Waals surface area contributed by atoms with Crippen LogP contribution in [-0.2, 0) is 11.3 Å². The first-order valence-electron chi connectivity index (χ1n) is 12.4. The van der Waals surface area contributed by atoms with Crippen molar-refractivity contribution in [3.8, 4) is 12.3 Å². The average molecular weight is 423 g/mol. The summed E-state index contributed by atoms with van der Waals surface area (Å²) >= 11 is 0. The Hall–Kier alpha value is -1.60. The second kappa shape index (κ2) is 7.20. The van der Waals surface area contributed by atoms with Crippen molar-refractivity contribution in [2.75, 3.05) is 0 Å². The highest BCUT2D eigenvalue weighted by atomic mass is 16.3. The van der Waals surface area contributed by atoms with Gasteiger partial charge in [-0.3, -0.25) is 9.48 Å². The summed E-state index contributed by atoms with van der Waals surface area (Å²) in [6.07, 6.45) is 19.2. The SMILES string of the molecule is C#Cc1cnn(CC(=O)[C@H]2CC[C@H]3[C@@H]4CC[C@H]5C[C@](C)(O)CC[C@]5(C)[C@H]4CC[C@]23C)c1. The Morgan fingerprint density at radius 2 is 1.90 bits per heavy atom. The van der Waals surface area contributed by atoms with Crippen LogP contribution in [-0.4, -0.2) is 26.3 Å². The fourth-order valence-corrected chi connectivity index (χ4v) is 8.75. The van der Waals surface area contributed by atoms with Gasteiger partial charge in [0.15, 0.2) is 5.78 Å². The molecular weight excluding hydrogens is 384 g/mol. The third-order valence-electron chi connectivity index (χ3n) is 10.5.